The normalized spacial score (nSPS) is 16.2. The number of aromatic nitrogens is 1. The Morgan fingerprint density at radius 3 is 2.48 bits per heavy atom. The van der Waals surface area contributed by atoms with E-state index in [2.05, 4.69) is 4.98 Å². The van der Waals surface area contributed by atoms with Crippen molar-refractivity contribution in [3.05, 3.63) is 48.5 Å². The van der Waals surface area contributed by atoms with Crippen LogP contribution in [0.1, 0.15) is 0 Å². The van der Waals surface area contributed by atoms with Crippen LogP contribution < -0.4 is 4.74 Å². The monoisotopic (exact) mass is 376 g/mol. The van der Waals surface area contributed by atoms with Gasteiger partial charge in [0.25, 0.3) is 5.19 Å². The molecule has 0 atom stereocenters. The zero-order valence-corrected chi connectivity index (χ0v) is 14.9. The number of hydrogen-bond donors (Lipinski definition) is 0. The third-order valence-corrected chi connectivity index (χ3v) is 6.74. The fourth-order valence-corrected chi connectivity index (χ4v) is 4.85. The lowest BCUT2D eigenvalue weighted by molar-refractivity contribution is 0.0730. The number of fused-ring (bicyclic) bond motifs is 1. The van der Waals surface area contributed by atoms with Crippen molar-refractivity contribution < 1.29 is 17.9 Å². The molecular formula is C17H16N2O4S2. The van der Waals surface area contributed by atoms with Crippen LogP contribution in [0, 0.1) is 0 Å². The van der Waals surface area contributed by atoms with Gasteiger partial charge in [0, 0.05) is 13.1 Å². The molecule has 2 heterocycles. The molecule has 130 valence electrons. The number of hydrogen-bond acceptors (Lipinski definition) is 6. The number of ether oxygens (including phenoxy) is 2. The molecule has 0 radical (unpaired) electrons. The summed E-state index contributed by atoms with van der Waals surface area (Å²) < 4.78 is 38.6. The molecule has 1 aliphatic heterocycles. The highest BCUT2D eigenvalue weighted by atomic mass is 32.2. The summed E-state index contributed by atoms with van der Waals surface area (Å²) in [6.07, 6.45) is 0. The van der Waals surface area contributed by atoms with Crippen molar-refractivity contribution in [2.45, 2.75) is 4.90 Å². The Morgan fingerprint density at radius 2 is 1.76 bits per heavy atom. The van der Waals surface area contributed by atoms with Gasteiger partial charge in [-0.3, -0.25) is 0 Å². The van der Waals surface area contributed by atoms with Gasteiger partial charge in [-0.05, 0) is 36.4 Å². The van der Waals surface area contributed by atoms with Gasteiger partial charge in [0.15, 0.2) is 0 Å². The Labute approximate surface area is 149 Å². The number of rotatable bonds is 4. The number of nitrogens with zero attached hydrogens (tertiary/aromatic N) is 2. The quantitative estimate of drug-likeness (QED) is 0.700. The van der Waals surface area contributed by atoms with E-state index in [4.69, 9.17) is 9.47 Å². The fourth-order valence-electron chi connectivity index (χ4n) is 2.61. The lowest BCUT2D eigenvalue weighted by atomic mass is 10.3. The largest absolute Gasteiger partial charge is 0.431 e. The summed E-state index contributed by atoms with van der Waals surface area (Å²) >= 11 is 1.45. The minimum absolute atomic E-state index is 0.256. The van der Waals surface area contributed by atoms with Crippen molar-refractivity contribution in [3.63, 3.8) is 0 Å². The van der Waals surface area contributed by atoms with E-state index in [-0.39, 0.29) is 4.90 Å². The highest BCUT2D eigenvalue weighted by Gasteiger charge is 2.26. The first-order valence-electron chi connectivity index (χ1n) is 7.84. The van der Waals surface area contributed by atoms with E-state index < -0.39 is 10.0 Å². The summed E-state index contributed by atoms with van der Waals surface area (Å²) in [5, 5.41) is 0.532. The Balaban J connectivity index is 1.53. The van der Waals surface area contributed by atoms with Gasteiger partial charge in [-0.25, -0.2) is 13.4 Å². The Kier molecular flexibility index (Phi) is 4.43. The highest BCUT2D eigenvalue weighted by Crippen LogP contribution is 2.31. The molecule has 0 unspecified atom stereocenters. The number of para-hydroxylation sites is 1. The van der Waals surface area contributed by atoms with Crippen LogP contribution in [0.3, 0.4) is 0 Å². The predicted molar refractivity (Wildman–Crippen MR) is 95.7 cm³/mol. The lowest BCUT2D eigenvalue weighted by Gasteiger charge is -2.26. The van der Waals surface area contributed by atoms with Gasteiger partial charge < -0.3 is 9.47 Å². The number of thiazole rings is 1. The third-order valence-electron chi connectivity index (χ3n) is 3.91. The second-order valence-corrected chi connectivity index (χ2v) is 8.47. The van der Waals surface area contributed by atoms with Gasteiger partial charge in [0.2, 0.25) is 10.0 Å². The Bertz CT molecular complexity index is 944. The van der Waals surface area contributed by atoms with E-state index in [9.17, 15) is 8.42 Å². The summed E-state index contributed by atoms with van der Waals surface area (Å²) in [7, 11) is -3.49. The topological polar surface area (TPSA) is 68.7 Å². The van der Waals surface area contributed by atoms with E-state index in [1.807, 2.05) is 24.3 Å². The molecule has 25 heavy (non-hydrogen) atoms. The Morgan fingerprint density at radius 1 is 1.04 bits per heavy atom. The van der Waals surface area contributed by atoms with Gasteiger partial charge in [0.1, 0.15) is 5.75 Å². The summed E-state index contributed by atoms with van der Waals surface area (Å²) in [6, 6.07) is 14.2. The first-order chi connectivity index (χ1) is 12.1. The zero-order chi connectivity index (χ0) is 17.3. The second kappa shape index (κ2) is 6.72. The first kappa shape index (κ1) is 16.5. The molecule has 1 aliphatic rings. The Hall–Kier alpha value is -2.00. The molecule has 1 fully saturated rings. The van der Waals surface area contributed by atoms with Crippen molar-refractivity contribution >= 4 is 31.6 Å². The average molecular weight is 376 g/mol. The van der Waals surface area contributed by atoms with Crippen LogP contribution in [0.15, 0.2) is 53.4 Å². The van der Waals surface area contributed by atoms with Crippen LogP contribution in [0.2, 0.25) is 0 Å². The van der Waals surface area contributed by atoms with Crippen LogP contribution in [0.4, 0.5) is 0 Å². The summed E-state index contributed by atoms with van der Waals surface area (Å²) in [6.45, 7) is 1.62. The maximum Gasteiger partial charge on any atom is 0.279 e. The number of benzene rings is 2. The minimum Gasteiger partial charge on any atom is -0.431 e. The van der Waals surface area contributed by atoms with Crippen LogP contribution in [-0.2, 0) is 14.8 Å². The molecule has 1 saturated heterocycles. The molecule has 4 rings (SSSR count). The van der Waals surface area contributed by atoms with Crippen LogP contribution in [0.5, 0.6) is 10.9 Å². The number of sulfonamides is 1. The van der Waals surface area contributed by atoms with Crippen molar-refractivity contribution in [1.82, 2.24) is 9.29 Å². The van der Waals surface area contributed by atoms with Gasteiger partial charge in [0.05, 0.1) is 28.3 Å². The smallest absolute Gasteiger partial charge is 0.279 e. The van der Waals surface area contributed by atoms with Gasteiger partial charge in [-0.1, -0.05) is 23.5 Å². The van der Waals surface area contributed by atoms with E-state index in [0.717, 1.165) is 10.2 Å². The van der Waals surface area contributed by atoms with Crippen molar-refractivity contribution in [3.8, 4) is 10.9 Å². The van der Waals surface area contributed by atoms with E-state index >= 15 is 0 Å². The summed E-state index contributed by atoms with van der Waals surface area (Å²) in [4.78, 5) is 4.66. The van der Waals surface area contributed by atoms with Crippen molar-refractivity contribution in [2.24, 2.45) is 0 Å². The third kappa shape index (κ3) is 3.38. The van der Waals surface area contributed by atoms with Gasteiger partial charge >= 0.3 is 0 Å². The zero-order valence-electron chi connectivity index (χ0n) is 13.3. The standard InChI is InChI=1S/C17H16N2O4S2/c20-25(21,19-9-11-22-12-10-19)14-7-5-13(6-8-14)23-17-18-15-3-1-2-4-16(15)24-17/h1-8H,9-12H2. The van der Waals surface area contributed by atoms with E-state index in [1.165, 1.54) is 15.6 Å². The summed E-state index contributed by atoms with van der Waals surface area (Å²) in [5.74, 6) is 0.556. The number of morpholine rings is 1. The molecule has 6 nitrogen and oxygen atoms in total. The molecule has 3 aromatic rings. The molecule has 0 saturated carbocycles. The molecular weight excluding hydrogens is 360 g/mol. The summed E-state index contributed by atoms with van der Waals surface area (Å²) in [5.41, 5.74) is 0.883. The molecule has 0 aliphatic carbocycles. The fraction of sp³-hybridized carbons (Fsp3) is 0.235. The molecule has 2 aromatic carbocycles. The maximum atomic E-state index is 12.6. The van der Waals surface area contributed by atoms with Crippen molar-refractivity contribution in [2.75, 3.05) is 26.3 Å². The van der Waals surface area contributed by atoms with Gasteiger partial charge in [-0.2, -0.15) is 4.31 Å². The molecule has 0 amide bonds. The van der Waals surface area contributed by atoms with Crippen LogP contribution in [0.25, 0.3) is 10.2 Å². The molecule has 8 heteroatoms. The first-order valence-corrected chi connectivity index (χ1v) is 10.1. The maximum absolute atomic E-state index is 12.6. The molecule has 0 spiro atoms. The van der Waals surface area contributed by atoms with E-state index in [1.54, 1.807) is 24.3 Å². The molecule has 0 bridgehead atoms. The molecule has 1 aromatic heterocycles. The predicted octanol–water partition coefficient (Wildman–Crippen LogP) is 3.11. The van der Waals surface area contributed by atoms with E-state index in [0.29, 0.717) is 37.2 Å². The second-order valence-electron chi connectivity index (χ2n) is 5.54. The van der Waals surface area contributed by atoms with Gasteiger partial charge in [-0.15, -0.1) is 0 Å². The lowest BCUT2D eigenvalue weighted by Crippen LogP contribution is -2.40. The highest BCUT2D eigenvalue weighted by molar-refractivity contribution is 7.89. The molecule has 0 N–H and O–H groups in total. The van der Waals surface area contributed by atoms with Crippen molar-refractivity contribution in [1.29, 1.82) is 0 Å². The van der Waals surface area contributed by atoms with Crippen LogP contribution >= 0.6 is 11.3 Å². The van der Waals surface area contributed by atoms with Crippen LogP contribution in [-0.4, -0.2) is 44.0 Å². The SMILES string of the molecule is O=S(=O)(c1ccc(Oc2nc3ccccc3s2)cc1)N1CCOCC1. The average Bonchev–Trinajstić information content (AvgIpc) is 3.05. The minimum atomic E-state index is -3.49.